The predicted molar refractivity (Wildman–Crippen MR) is 69.9 cm³/mol. The van der Waals surface area contributed by atoms with Crippen LogP contribution >= 0.6 is 27.5 Å². The first kappa shape index (κ1) is 14.0. The van der Waals surface area contributed by atoms with Gasteiger partial charge in [-0.1, -0.05) is 40.5 Å². The van der Waals surface area contributed by atoms with Gasteiger partial charge in [0, 0.05) is 16.1 Å². The lowest BCUT2D eigenvalue weighted by Gasteiger charge is -2.07. The quantitative estimate of drug-likeness (QED) is 0.708. The van der Waals surface area contributed by atoms with Crippen LogP contribution in [-0.4, -0.2) is 19.8 Å². The molecule has 0 bridgehead atoms. The van der Waals surface area contributed by atoms with Gasteiger partial charge >= 0.3 is 0 Å². The van der Waals surface area contributed by atoms with Crippen molar-refractivity contribution in [3.05, 3.63) is 33.3 Å². The predicted octanol–water partition coefficient (Wildman–Crippen LogP) is 4.05. The number of hydrogen-bond acceptors (Lipinski definition) is 2. The summed E-state index contributed by atoms with van der Waals surface area (Å²) in [6, 6.07) is 5.78. The van der Waals surface area contributed by atoms with Gasteiger partial charge in [0.1, 0.15) is 0 Å². The van der Waals surface area contributed by atoms with Crippen molar-refractivity contribution in [3.8, 4) is 0 Å². The first-order valence-corrected chi connectivity index (χ1v) is 6.50. The minimum absolute atomic E-state index is 0.529. The largest absolute Gasteiger partial charge is 0.379 e. The summed E-state index contributed by atoms with van der Waals surface area (Å²) in [4.78, 5) is 0. The Morgan fingerprint density at radius 1 is 1.19 bits per heavy atom. The molecule has 0 aliphatic heterocycles. The second kappa shape index (κ2) is 8.07. The van der Waals surface area contributed by atoms with Crippen LogP contribution in [0.3, 0.4) is 0 Å². The first-order valence-electron chi connectivity index (χ1n) is 5.33. The minimum Gasteiger partial charge on any atom is -0.379 e. The van der Waals surface area contributed by atoms with E-state index in [-0.39, 0.29) is 0 Å². The van der Waals surface area contributed by atoms with Crippen LogP contribution in [0.1, 0.15) is 18.9 Å². The van der Waals surface area contributed by atoms with Gasteiger partial charge in [0.25, 0.3) is 0 Å². The molecule has 1 aromatic rings. The summed E-state index contributed by atoms with van der Waals surface area (Å²) in [5.41, 5.74) is 1.00. The summed E-state index contributed by atoms with van der Waals surface area (Å²) in [5, 5.41) is 0.726. The average molecular weight is 308 g/mol. The Hall–Kier alpha value is -0.0900. The molecule has 4 heteroatoms. The zero-order chi connectivity index (χ0) is 11.8. The molecule has 0 unspecified atom stereocenters. The van der Waals surface area contributed by atoms with Crippen LogP contribution in [-0.2, 0) is 16.1 Å². The summed E-state index contributed by atoms with van der Waals surface area (Å²) in [5.74, 6) is 0. The van der Waals surface area contributed by atoms with E-state index < -0.39 is 0 Å². The number of hydrogen-bond donors (Lipinski definition) is 0. The van der Waals surface area contributed by atoms with E-state index in [4.69, 9.17) is 21.1 Å². The van der Waals surface area contributed by atoms with Gasteiger partial charge in [-0.25, -0.2) is 0 Å². The summed E-state index contributed by atoms with van der Waals surface area (Å²) in [7, 11) is 0. The molecule has 0 fully saturated rings. The molecule has 0 aliphatic rings. The molecule has 0 aliphatic carbocycles. The van der Waals surface area contributed by atoms with Gasteiger partial charge in [0.05, 0.1) is 19.8 Å². The maximum atomic E-state index is 6.05. The van der Waals surface area contributed by atoms with E-state index in [0.717, 1.165) is 28.1 Å². The third kappa shape index (κ3) is 5.30. The second-order valence-corrected chi connectivity index (χ2v) is 4.72. The molecule has 16 heavy (non-hydrogen) atoms. The first-order chi connectivity index (χ1) is 7.74. The molecule has 0 N–H and O–H groups in total. The number of benzene rings is 1. The average Bonchev–Trinajstić information content (AvgIpc) is 2.26. The van der Waals surface area contributed by atoms with Gasteiger partial charge in [-0.3, -0.25) is 0 Å². The van der Waals surface area contributed by atoms with Crippen molar-refractivity contribution in [1.82, 2.24) is 0 Å². The summed E-state index contributed by atoms with van der Waals surface area (Å²) in [6.07, 6.45) is 1.04. The Balaban J connectivity index is 2.21. The maximum Gasteiger partial charge on any atom is 0.0732 e. The van der Waals surface area contributed by atoms with Gasteiger partial charge in [-0.05, 0) is 24.1 Å². The molecule has 2 nitrogen and oxygen atoms in total. The number of ether oxygens (including phenoxy) is 2. The Labute approximate surface area is 110 Å². The smallest absolute Gasteiger partial charge is 0.0732 e. The number of rotatable bonds is 7. The Kier molecular flexibility index (Phi) is 7.05. The van der Waals surface area contributed by atoms with Crippen molar-refractivity contribution in [1.29, 1.82) is 0 Å². The van der Waals surface area contributed by atoms with Crippen molar-refractivity contribution in [2.24, 2.45) is 0 Å². The molecule has 0 heterocycles. The SMILES string of the molecule is CCCOCCOCc1ccc(Br)cc1Cl. The Morgan fingerprint density at radius 3 is 2.62 bits per heavy atom. The fourth-order valence-corrected chi connectivity index (χ4v) is 1.91. The normalized spacial score (nSPS) is 10.7. The number of halogens is 2. The Morgan fingerprint density at radius 2 is 1.94 bits per heavy atom. The van der Waals surface area contributed by atoms with Crippen LogP contribution < -0.4 is 0 Å². The van der Waals surface area contributed by atoms with E-state index in [2.05, 4.69) is 22.9 Å². The highest BCUT2D eigenvalue weighted by Gasteiger charge is 2.00. The van der Waals surface area contributed by atoms with Crippen molar-refractivity contribution in [2.75, 3.05) is 19.8 Å². The molecular formula is C12H16BrClO2. The van der Waals surface area contributed by atoms with Gasteiger partial charge in [0.15, 0.2) is 0 Å². The van der Waals surface area contributed by atoms with Crippen LogP contribution in [0.4, 0.5) is 0 Å². The summed E-state index contributed by atoms with van der Waals surface area (Å²) in [6.45, 7) is 4.65. The lowest BCUT2D eigenvalue weighted by atomic mass is 10.2. The van der Waals surface area contributed by atoms with E-state index in [1.54, 1.807) is 0 Å². The minimum atomic E-state index is 0.529. The highest BCUT2D eigenvalue weighted by Crippen LogP contribution is 2.21. The fourth-order valence-electron chi connectivity index (χ4n) is 1.19. The lowest BCUT2D eigenvalue weighted by Crippen LogP contribution is -2.05. The molecule has 0 amide bonds. The molecule has 1 rings (SSSR count). The van der Waals surface area contributed by atoms with Crippen LogP contribution in [0.5, 0.6) is 0 Å². The molecule has 0 atom stereocenters. The fraction of sp³-hybridized carbons (Fsp3) is 0.500. The lowest BCUT2D eigenvalue weighted by molar-refractivity contribution is 0.0408. The van der Waals surface area contributed by atoms with Crippen molar-refractivity contribution in [3.63, 3.8) is 0 Å². The molecule has 0 spiro atoms. The van der Waals surface area contributed by atoms with Gasteiger partial charge in [-0.2, -0.15) is 0 Å². The van der Waals surface area contributed by atoms with Crippen LogP contribution in [0.2, 0.25) is 5.02 Å². The van der Waals surface area contributed by atoms with Crippen molar-refractivity contribution >= 4 is 27.5 Å². The highest BCUT2D eigenvalue weighted by molar-refractivity contribution is 9.10. The van der Waals surface area contributed by atoms with Gasteiger partial charge in [-0.15, -0.1) is 0 Å². The molecule has 0 saturated carbocycles. The Bertz CT molecular complexity index is 318. The summed E-state index contributed by atoms with van der Waals surface area (Å²) >= 11 is 9.41. The molecule has 0 radical (unpaired) electrons. The molecule has 0 saturated heterocycles. The second-order valence-electron chi connectivity index (χ2n) is 3.40. The third-order valence-corrected chi connectivity index (χ3v) is 2.84. The van der Waals surface area contributed by atoms with Crippen LogP contribution in [0.15, 0.2) is 22.7 Å². The summed E-state index contributed by atoms with van der Waals surface area (Å²) < 4.78 is 11.7. The molecule has 0 aromatic heterocycles. The van der Waals surface area contributed by atoms with E-state index in [0.29, 0.717) is 19.8 Å². The van der Waals surface area contributed by atoms with Gasteiger partial charge in [0.2, 0.25) is 0 Å². The zero-order valence-corrected chi connectivity index (χ0v) is 11.7. The monoisotopic (exact) mass is 306 g/mol. The zero-order valence-electron chi connectivity index (χ0n) is 9.34. The van der Waals surface area contributed by atoms with E-state index in [1.165, 1.54) is 0 Å². The van der Waals surface area contributed by atoms with E-state index in [9.17, 15) is 0 Å². The maximum absolute atomic E-state index is 6.05. The molecule has 90 valence electrons. The van der Waals surface area contributed by atoms with Crippen LogP contribution in [0.25, 0.3) is 0 Å². The van der Waals surface area contributed by atoms with Crippen LogP contribution in [0, 0.1) is 0 Å². The standard InChI is InChI=1S/C12H16BrClO2/c1-2-5-15-6-7-16-9-10-3-4-11(13)8-12(10)14/h3-4,8H,2,5-7,9H2,1H3. The van der Waals surface area contributed by atoms with E-state index in [1.807, 2.05) is 18.2 Å². The van der Waals surface area contributed by atoms with Crippen molar-refractivity contribution in [2.45, 2.75) is 20.0 Å². The highest BCUT2D eigenvalue weighted by atomic mass is 79.9. The third-order valence-electron chi connectivity index (χ3n) is 1.99. The topological polar surface area (TPSA) is 18.5 Å². The molecular weight excluding hydrogens is 291 g/mol. The van der Waals surface area contributed by atoms with Crippen molar-refractivity contribution < 1.29 is 9.47 Å². The van der Waals surface area contributed by atoms with Gasteiger partial charge < -0.3 is 9.47 Å². The molecule has 1 aromatic carbocycles. The van der Waals surface area contributed by atoms with E-state index >= 15 is 0 Å².